The third-order valence-corrected chi connectivity index (χ3v) is 2.81. The van der Waals surface area contributed by atoms with E-state index in [0.29, 0.717) is 13.2 Å². The predicted octanol–water partition coefficient (Wildman–Crippen LogP) is 0.638. The molecule has 15 heavy (non-hydrogen) atoms. The molecule has 0 fully saturated rings. The lowest BCUT2D eigenvalue weighted by Gasteiger charge is -2.14. The van der Waals surface area contributed by atoms with Gasteiger partial charge < -0.3 is 9.64 Å². The quantitative estimate of drug-likeness (QED) is 0.335. The number of hydrogen-bond acceptors (Lipinski definition) is 3. The summed E-state index contributed by atoms with van der Waals surface area (Å²) in [5, 5.41) is 0. The summed E-state index contributed by atoms with van der Waals surface area (Å²) in [5.41, 5.74) is 0. The summed E-state index contributed by atoms with van der Waals surface area (Å²) in [5.74, 6) is 1.09. The fourth-order valence-electron chi connectivity index (χ4n) is 0.848. The zero-order valence-electron chi connectivity index (χ0n) is 9.86. The van der Waals surface area contributed by atoms with Crippen LogP contribution in [0.1, 0.15) is 20.3 Å². The van der Waals surface area contributed by atoms with E-state index in [1.165, 1.54) is 0 Å². The van der Waals surface area contributed by atoms with Gasteiger partial charge in [0.2, 0.25) is 5.91 Å². The van der Waals surface area contributed by atoms with Gasteiger partial charge in [0, 0.05) is 26.9 Å². The van der Waals surface area contributed by atoms with Gasteiger partial charge in [-0.25, -0.2) is 0 Å². The number of likely N-dealkylation sites (N-methyl/N-ethyl adjacent to an activating group) is 1. The molecule has 0 atom stereocenters. The minimum atomic E-state index is 0.0773. The molecule has 0 bridgehead atoms. The molecule has 0 aromatic carbocycles. The zero-order valence-corrected chi connectivity index (χ0v) is 10.8. The monoisotopic (exact) mass is 236 g/mol. The summed E-state index contributed by atoms with van der Waals surface area (Å²) in [6.07, 6.45) is 1.01. The minimum Gasteiger partial charge on any atom is -0.379 e. The molecule has 0 aliphatic rings. The molecule has 0 aliphatic heterocycles. The Labute approximate surface area is 96.5 Å². The molecular weight excluding hydrogens is 214 g/mol. The molecule has 0 rings (SSSR count). The lowest BCUT2D eigenvalue weighted by molar-refractivity contribution is -0.128. The Morgan fingerprint density at radius 3 is 2.73 bits per heavy atom. The number of carbonyl (C=O) groups excluding carboxylic acids is 1. The van der Waals surface area contributed by atoms with Crippen molar-refractivity contribution in [2.75, 3.05) is 39.2 Å². The summed E-state index contributed by atoms with van der Waals surface area (Å²) in [4.78, 5) is 12.5. The molecule has 0 radical (unpaired) electrons. The van der Waals surface area contributed by atoms with E-state index in [1.54, 1.807) is 18.9 Å². The smallest absolute Gasteiger partial charge is 0.219 e. The third kappa shape index (κ3) is 10.0. The molecule has 0 aromatic heterocycles. The van der Waals surface area contributed by atoms with Crippen molar-refractivity contribution in [1.82, 2.24) is 4.90 Å². The van der Waals surface area contributed by atoms with E-state index in [4.69, 9.17) is 8.92 Å². The van der Waals surface area contributed by atoms with E-state index in [0.717, 1.165) is 37.4 Å². The Morgan fingerprint density at radius 2 is 2.13 bits per heavy atom. The van der Waals surface area contributed by atoms with Gasteiger partial charge in [-0.15, -0.1) is 0 Å². The first-order chi connectivity index (χ1) is 7.18. The third-order valence-electron chi connectivity index (χ3n) is 1.87. The number of ether oxygens (including phenoxy) is 1. The highest BCUT2D eigenvalue weighted by molar-refractivity contribution is 7.73. The van der Waals surface area contributed by atoms with Crippen LogP contribution in [0.4, 0.5) is 0 Å². The molecule has 0 aliphatic carbocycles. The molecule has 0 spiro atoms. The van der Waals surface area contributed by atoms with Gasteiger partial charge in [-0.05, 0) is 6.92 Å². The van der Waals surface area contributed by atoms with Gasteiger partial charge in [0.1, 0.15) is 24.4 Å². The van der Waals surface area contributed by atoms with Crippen molar-refractivity contribution in [3.8, 4) is 0 Å². The Morgan fingerprint density at radius 1 is 1.40 bits per heavy atom. The SMILES string of the molecule is CCO[SH+]CCCOCCN(C)C(C)=O. The van der Waals surface area contributed by atoms with E-state index in [9.17, 15) is 4.79 Å². The Balaban J connectivity index is 3.08. The first-order valence-electron chi connectivity index (χ1n) is 5.26. The van der Waals surface area contributed by atoms with Crippen LogP contribution in [0.2, 0.25) is 0 Å². The van der Waals surface area contributed by atoms with Crippen molar-refractivity contribution in [3.63, 3.8) is 0 Å². The van der Waals surface area contributed by atoms with E-state index < -0.39 is 0 Å². The average Bonchev–Trinajstić information content (AvgIpc) is 2.21. The highest BCUT2D eigenvalue weighted by Crippen LogP contribution is 1.89. The molecule has 0 saturated carbocycles. The van der Waals surface area contributed by atoms with E-state index in [1.807, 2.05) is 6.92 Å². The van der Waals surface area contributed by atoms with Crippen LogP contribution in [0, 0.1) is 0 Å². The lowest BCUT2D eigenvalue weighted by atomic mass is 10.5. The second kappa shape index (κ2) is 10.3. The number of hydrogen-bond donors (Lipinski definition) is 0. The number of carbonyl (C=O) groups is 1. The first-order valence-corrected chi connectivity index (χ1v) is 6.26. The van der Waals surface area contributed by atoms with Gasteiger partial charge >= 0.3 is 0 Å². The van der Waals surface area contributed by atoms with Crippen molar-refractivity contribution in [1.29, 1.82) is 0 Å². The highest BCUT2D eigenvalue weighted by atomic mass is 32.2. The van der Waals surface area contributed by atoms with Crippen LogP contribution >= 0.6 is 0 Å². The molecular formula is C10H22NO3S+. The van der Waals surface area contributed by atoms with Crippen LogP contribution in [0.15, 0.2) is 0 Å². The predicted molar refractivity (Wildman–Crippen MR) is 64.0 cm³/mol. The molecule has 0 heterocycles. The van der Waals surface area contributed by atoms with Crippen LogP contribution < -0.4 is 0 Å². The average molecular weight is 236 g/mol. The Kier molecular flexibility index (Phi) is 10.1. The second-order valence-corrected chi connectivity index (χ2v) is 4.14. The van der Waals surface area contributed by atoms with Crippen LogP contribution in [-0.4, -0.2) is 50.0 Å². The van der Waals surface area contributed by atoms with Crippen molar-refractivity contribution in [3.05, 3.63) is 0 Å². The van der Waals surface area contributed by atoms with Crippen LogP contribution in [-0.2, 0) is 25.8 Å². The van der Waals surface area contributed by atoms with Gasteiger partial charge in [0.05, 0.1) is 13.2 Å². The lowest BCUT2D eigenvalue weighted by Crippen LogP contribution is -2.27. The summed E-state index contributed by atoms with van der Waals surface area (Å²) in [7, 11) is 1.78. The van der Waals surface area contributed by atoms with Gasteiger partial charge in [0.25, 0.3) is 0 Å². The molecule has 90 valence electrons. The molecule has 0 aromatic rings. The fourth-order valence-corrected chi connectivity index (χ4v) is 1.42. The number of nitrogens with zero attached hydrogens (tertiary/aromatic N) is 1. The minimum absolute atomic E-state index is 0.0773. The standard InChI is InChI=1S/C10H21NO3S/c1-4-14-15-9-5-7-13-8-6-11(3)10(2)12/h4-9H2,1-3H3/p+1. The topological polar surface area (TPSA) is 38.8 Å². The molecule has 0 N–H and O–H groups in total. The molecule has 0 unspecified atom stereocenters. The molecule has 4 nitrogen and oxygen atoms in total. The summed E-state index contributed by atoms with van der Waals surface area (Å²) >= 11 is 1.03. The highest BCUT2D eigenvalue weighted by Gasteiger charge is 2.01. The zero-order chi connectivity index (χ0) is 11.5. The van der Waals surface area contributed by atoms with Crippen LogP contribution in [0.5, 0.6) is 0 Å². The largest absolute Gasteiger partial charge is 0.379 e. The summed E-state index contributed by atoms with van der Waals surface area (Å²) in [6, 6.07) is 0. The number of rotatable bonds is 9. The van der Waals surface area contributed by atoms with Crippen LogP contribution in [0.25, 0.3) is 0 Å². The van der Waals surface area contributed by atoms with Crippen molar-refractivity contribution >= 4 is 17.9 Å². The maximum atomic E-state index is 10.8. The van der Waals surface area contributed by atoms with E-state index >= 15 is 0 Å². The van der Waals surface area contributed by atoms with Gasteiger partial charge in [0.15, 0.2) is 0 Å². The second-order valence-electron chi connectivity index (χ2n) is 3.18. The van der Waals surface area contributed by atoms with Crippen molar-refractivity contribution < 1.29 is 13.7 Å². The Bertz CT molecular complexity index is 167. The summed E-state index contributed by atoms with van der Waals surface area (Å²) < 4.78 is 10.6. The van der Waals surface area contributed by atoms with Crippen molar-refractivity contribution in [2.24, 2.45) is 0 Å². The molecule has 0 saturated heterocycles. The fraction of sp³-hybridized carbons (Fsp3) is 0.900. The normalized spacial score (nSPS) is 10.3. The van der Waals surface area contributed by atoms with E-state index in [2.05, 4.69) is 0 Å². The molecule has 1 amide bonds. The molecule has 5 heteroatoms. The van der Waals surface area contributed by atoms with E-state index in [-0.39, 0.29) is 5.91 Å². The first kappa shape index (κ1) is 14.7. The maximum Gasteiger partial charge on any atom is 0.219 e. The number of thiol groups is 1. The van der Waals surface area contributed by atoms with Crippen molar-refractivity contribution in [2.45, 2.75) is 20.3 Å². The van der Waals surface area contributed by atoms with Gasteiger partial charge in [-0.3, -0.25) is 4.79 Å². The Hall–Kier alpha value is -0.260. The maximum absolute atomic E-state index is 10.8. The van der Waals surface area contributed by atoms with Gasteiger partial charge in [-0.1, -0.05) is 0 Å². The summed E-state index contributed by atoms with van der Waals surface area (Å²) in [6.45, 7) is 6.33. The van der Waals surface area contributed by atoms with Crippen LogP contribution in [0.3, 0.4) is 0 Å². The van der Waals surface area contributed by atoms with Gasteiger partial charge in [-0.2, -0.15) is 4.18 Å². The number of amides is 1.